The van der Waals surface area contributed by atoms with E-state index in [0.29, 0.717) is 0 Å². The van der Waals surface area contributed by atoms with Crippen molar-refractivity contribution in [2.45, 2.75) is 32.7 Å². The van der Waals surface area contributed by atoms with E-state index in [4.69, 9.17) is 5.26 Å². The van der Waals surface area contributed by atoms with Crippen LogP contribution in [0.1, 0.15) is 26.5 Å². The van der Waals surface area contributed by atoms with E-state index in [0.717, 1.165) is 12.2 Å². The molecule has 1 aromatic rings. The molecule has 0 aliphatic carbocycles. The fourth-order valence-corrected chi connectivity index (χ4v) is 1.03. The number of nitrogens with zero attached hydrogens (tertiary/aromatic N) is 4. The Morgan fingerprint density at radius 1 is 1.67 bits per heavy atom. The zero-order valence-corrected chi connectivity index (χ0v) is 7.57. The zero-order chi connectivity index (χ0) is 9.19. The quantitative estimate of drug-likeness (QED) is 0.657. The van der Waals surface area contributed by atoms with E-state index in [9.17, 15) is 0 Å². The number of aromatic nitrogens is 3. The van der Waals surface area contributed by atoms with Gasteiger partial charge in [-0.3, -0.25) is 0 Å². The van der Waals surface area contributed by atoms with Crippen molar-refractivity contribution in [3.8, 4) is 6.07 Å². The number of nitriles is 1. The highest BCUT2D eigenvalue weighted by Crippen LogP contribution is 2.20. The molecule has 0 aliphatic heterocycles. The first-order valence-corrected chi connectivity index (χ1v) is 3.92. The van der Waals surface area contributed by atoms with E-state index < -0.39 is 5.41 Å². The maximum atomic E-state index is 8.87. The average Bonchev–Trinajstić information content (AvgIpc) is 2.52. The Morgan fingerprint density at radius 3 is 2.83 bits per heavy atom. The van der Waals surface area contributed by atoms with Crippen molar-refractivity contribution in [3.63, 3.8) is 0 Å². The summed E-state index contributed by atoms with van der Waals surface area (Å²) in [4.78, 5) is 0. The Kier molecular flexibility index (Phi) is 2.13. The largest absolute Gasteiger partial charge is 0.248 e. The van der Waals surface area contributed by atoms with Crippen LogP contribution in [0.3, 0.4) is 0 Å². The van der Waals surface area contributed by atoms with Crippen molar-refractivity contribution in [1.82, 2.24) is 15.0 Å². The normalized spacial score (nSPS) is 11.2. The third kappa shape index (κ3) is 1.30. The van der Waals surface area contributed by atoms with Crippen LogP contribution in [0.5, 0.6) is 0 Å². The van der Waals surface area contributed by atoms with Gasteiger partial charge in [0.05, 0.1) is 23.4 Å². The number of rotatable bonds is 2. The van der Waals surface area contributed by atoms with Crippen LogP contribution in [0.2, 0.25) is 0 Å². The molecule has 1 aromatic heterocycles. The van der Waals surface area contributed by atoms with E-state index >= 15 is 0 Å². The molecule has 0 aliphatic rings. The van der Waals surface area contributed by atoms with E-state index in [1.54, 1.807) is 10.9 Å². The SMILES string of the molecule is CCn1nncc1C(C)(C)C#N. The lowest BCUT2D eigenvalue weighted by Crippen LogP contribution is -2.19. The molecule has 0 fully saturated rings. The Balaban J connectivity index is 3.11. The second-order valence-corrected chi connectivity index (χ2v) is 3.17. The third-order valence-electron chi connectivity index (χ3n) is 1.84. The smallest absolute Gasteiger partial charge is 0.0950 e. The van der Waals surface area contributed by atoms with Crippen LogP contribution in [0.25, 0.3) is 0 Å². The number of hydrogen-bond donors (Lipinski definition) is 0. The Morgan fingerprint density at radius 2 is 2.33 bits per heavy atom. The van der Waals surface area contributed by atoms with Gasteiger partial charge in [0.2, 0.25) is 0 Å². The van der Waals surface area contributed by atoms with Gasteiger partial charge >= 0.3 is 0 Å². The molecule has 0 bridgehead atoms. The standard InChI is InChI=1S/C8H12N4/c1-4-12-7(5-10-11-12)8(2,3)6-9/h5H,4H2,1-3H3. The van der Waals surface area contributed by atoms with Crippen molar-refractivity contribution >= 4 is 0 Å². The van der Waals surface area contributed by atoms with Crippen LogP contribution in [0.15, 0.2) is 6.20 Å². The molecule has 1 heterocycles. The fourth-order valence-electron chi connectivity index (χ4n) is 1.03. The molecule has 0 saturated carbocycles. The second-order valence-electron chi connectivity index (χ2n) is 3.17. The summed E-state index contributed by atoms with van der Waals surface area (Å²) in [6.07, 6.45) is 1.65. The van der Waals surface area contributed by atoms with Crippen molar-refractivity contribution in [2.24, 2.45) is 0 Å². The molecule has 0 radical (unpaired) electrons. The molecule has 64 valence electrons. The molecule has 4 nitrogen and oxygen atoms in total. The highest BCUT2D eigenvalue weighted by atomic mass is 15.4. The van der Waals surface area contributed by atoms with E-state index in [2.05, 4.69) is 16.4 Å². The Labute approximate surface area is 71.8 Å². The lowest BCUT2D eigenvalue weighted by molar-refractivity contribution is 0.536. The summed E-state index contributed by atoms with van der Waals surface area (Å²) in [6.45, 7) is 6.45. The summed E-state index contributed by atoms with van der Waals surface area (Å²) in [5, 5.41) is 16.5. The van der Waals surface area contributed by atoms with E-state index in [1.165, 1.54) is 0 Å². The van der Waals surface area contributed by atoms with Gasteiger partial charge in [-0.1, -0.05) is 5.21 Å². The Bertz CT molecular complexity index is 305. The second kappa shape index (κ2) is 2.94. The van der Waals surface area contributed by atoms with Gasteiger partial charge in [-0.2, -0.15) is 5.26 Å². The molecule has 0 saturated heterocycles. The average molecular weight is 164 g/mol. The molecule has 0 unspecified atom stereocenters. The summed E-state index contributed by atoms with van der Waals surface area (Å²) in [5.41, 5.74) is 0.368. The van der Waals surface area contributed by atoms with Crippen molar-refractivity contribution in [3.05, 3.63) is 11.9 Å². The minimum Gasteiger partial charge on any atom is -0.248 e. The van der Waals surface area contributed by atoms with Gasteiger partial charge < -0.3 is 0 Å². The minimum atomic E-state index is -0.500. The van der Waals surface area contributed by atoms with Crippen LogP contribution in [-0.2, 0) is 12.0 Å². The minimum absolute atomic E-state index is 0.500. The first kappa shape index (κ1) is 8.72. The first-order valence-electron chi connectivity index (χ1n) is 3.92. The van der Waals surface area contributed by atoms with Crippen LogP contribution < -0.4 is 0 Å². The fraction of sp³-hybridized carbons (Fsp3) is 0.625. The maximum Gasteiger partial charge on any atom is 0.0950 e. The molecule has 0 atom stereocenters. The molecule has 4 heteroatoms. The monoisotopic (exact) mass is 164 g/mol. The van der Waals surface area contributed by atoms with Gasteiger partial charge in [-0.05, 0) is 20.8 Å². The van der Waals surface area contributed by atoms with Crippen molar-refractivity contribution in [1.29, 1.82) is 5.26 Å². The highest BCUT2D eigenvalue weighted by molar-refractivity contribution is 5.20. The molecule has 0 amide bonds. The maximum absolute atomic E-state index is 8.87. The van der Waals surface area contributed by atoms with E-state index in [1.807, 2.05) is 20.8 Å². The molecular weight excluding hydrogens is 152 g/mol. The van der Waals surface area contributed by atoms with E-state index in [-0.39, 0.29) is 0 Å². The number of hydrogen-bond acceptors (Lipinski definition) is 3. The summed E-state index contributed by atoms with van der Waals surface area (Å²) in [6, 6.07) is 2.22. The van der Waals surface area contributed by atoms with Crippen LogP contribution >= 0.6 is 0 Å². The van der Waals surface area contributed by atoms with Gasteiger partial charge in [0.25, 0.3) is 0 Å². The van der Waals surface area contributed by atoms with Gasteiger partial charge in [-0.15, -0.1) is 5.10 Å². The molecular formula is C8H12N4. The predicted molar refractivity (Wildman–Crippen MR) is 44.3 cm³/mol. The van der Waals surface area contributed by atoms with Crippen LogP contribution in [0.4, 0.5) is 0 Å². The Hall–Kier alpha value is -1.37. The summed E-state index contributed by atoms with van der Waals surface area (Å²) >= 11 is 0. The van der Waals surface area contributed by atoms with Gasteiger partial charge in [0, 0.05) is 6.54 Å². The molecule has 1 rings (SSSR count). The molecule has 0 N–H and O–H groups in total. The predicted octanol–water partition coefficient (Wildman–Crippen LogP) is 1.10. The van der Waals surface area contributed by atoms with Crippen molar-refractivity contribution in [2.75, 3.05) is 0 Å². The molecule has 0 spiro atoms. The molecule has 12 heavy (non-hydrogen) atoms. The summed E-state index contributed by atoms with van der Waals surface area (Å²) in [5.74, 6) is 0. The lowest BCUT2D eigenvalue weighted by atomic mass is 9.92. The topological polar surface area (TPSA) is 54.5 Å². The summed E-state index contributed by atoms with van der Waals surface area (Å²) < 4.78 is 1.74. The zero-order valence-electron chi connectivity index (χ0n) is 7.57. The van der Waals surface area contributed by atoms with Gasteiger partial charge in [-0.25, -0.2) is 4.68 Å². The van der Waals surface area contributed by atoms with Gasteiger partial charge in [0.15, 0.2) is 0 Å². The van der Waals surface area contributed by atoms with Crippen LogP contribution in [0, 0.1) is 11.3 Å². The summed E-state index contributed by atoms with van der Waals surface area (Å²) in [7, 11) is 0. The molecule has 0 aromatic carbocycles. The highest BCUT2D eigenvalue weighted by Gasteiger charge is 2.24. The van der Waals surface area contributed by atoms with Gasteiger partial charge in [0.1, 0.15) is 0 Å². The number of aryl methyl sites for hydroxylation is 1. The van der Waals surface area contributed by atoms with Crippen molar-refractivity contribution < 1.29 is 0 Å². The lowest BCUT2D eigenvalue weighted by Gasteiger charge is -2.14. The third-order valence-corrected chi connectivity index (χ3v) is 1.84. The first-order chi connectivity index (χ1) is 5.61. The van der Waals surface area contributed by atoms with Crippen LogP contribution in [-0.4, -0.2) is 15.0 Å².